The predicted octanol–water partition coefficient (Wildman–Crippen LogP) is -0.806. The molecule has 5 aromatic heterocycles. The van der Waals surface area contributed by atoms with Crippen molar-refractivity contribution in [2.75, 3.05) is 50.5 Å². The number of carbonyl (C=O) groups excluding carboxylic acids is 3. The van der Waals surface area contributed by atoms with Crippen LogP contribution in [0.25, 0.3) is 17.8 Å². The molecule has 18 nitrogen and oxygen atoms in total. The van der Waals surface area contributed by atoms with Gasteiger partial charge in [-0.15, -0.1) is 21.5 Å². The number of carbonyl (C=O) groups is 3. The average Bonchev–Trinajstić information content (AvgIpc) is 3.82. The molecule has 6 rings (SSSR count). The Bertz CT molecular complexity index is 2030. The van der Waals surface area contributed by atoms with Gasteiger partial charge in [-0.25, -0.2) is 15.0 Å². The number of aliphatic carboxylic acids is 1. The lowest BCUT2D eigenvalue weighted by Gasteiger charge is -2.29. The fourth-order valence-electron chi connectivity index (χ4n) is 4.97. The normalized spacial score (nSPS) is 13.2. The standard InChI is InChI=1S/C28H28N12O6S/c1-40(2,15-22(41)42)11-7-29-25(44)26-31-18-6-9-38(14-19(18)46-26)23-17(3-4-20-34-36-37-35-20)27(45)39-10-5-16(13-21(39)32-23)24(43)33-28-30-8-12-47-28/h3-5,8,10,12-13H,6-7,9,11,14-15H2,1-2H3,(H3-,29,30,33,34,35,36,37,41,42,43,44). The Kier molecular flexibility index (Phi) is 8.55. The number of hydrogen-bond donors (Lipinski definition) is 3. The number of aromatic amines is 1. The minimum absolute atomic E-state index is 0.123. The van der Waals surface area contributed by atoms with Crippen LogP contribution in [0.5, 0.6) is 0 Å². The van der Waals surface area contributed by atoms with Gasteiger partial charge in [0.2, 0.25) is 0 Å². The number of carboxylic acid groups (broad SMARTS) is 1. The van der Waals surface area contributed by atoms with Crippen LogP contribution in [0.4, 0.5) is 10.9 Å². The Labute approximate surface area is 269 Å². The van der Waals surface area contributed by atoms with Gasteiger partial charge < -0.3 is 29.0 Å². The molecule has 3 N–H and O–H groups in total. The molecule has 0 aromatic carbocycles. The Morgan fingerprint density at radius 3 is 2.81 bits per heavy atom. The van der Waals surface area contributed by atoms with E-state index in [1.165, 1.54) is 40.1 Å². The van der Waals surface area contributed by atoms with E-state index in [1.807, 2.05) is 4.90 Å². The molecule has 6 heterocycles. The predicted molar refractivity (Wildman–Crippen MR) is 165 cm³/mol. The molecule has 19 heteroatoms. The summed E-state index contributed by atoms with van der Waals surface area (Å²) in [6.45, 7) is 0.903. The van der Waals surface area contributed by atoms with Gasteiger partial charge in [-0.1, -0.05) is 0 Å². The monoisotopic (exact) mass is 660 g/mol. The highest BCUT2D eigenvalue weighted by molar-refractivity contribution is 7.13. The Morgan fingerprint density at radius 2 is 2.06 bits per heavy atom. The van der Waals surface area contributed by atoms with Crippen molar-refractivity contribution in [3.05, 3.63) is 74.6 Å². The van der Waals surface area contributed by atoms with Crippen molar-refractivity contribution in [3.63, 3.8) is 0 Å². The van der Waals surface area contributed by atoms with Gasteiger partial charge in [0.1, 0.15) is 23.8 Å². The van der Waals surface area contributed by atoms with Gasteiger partial charge in [-0.05, 0) is 29.5 Å². The van der Waals surface area contributed by atoms with Crippen molar-refractivity contribution in [1.29, 1.82) is 0 Å². The van der Waals surface area contributed by atoms with Crippen LogP contribution < -0.4 is 26.2 Å². The fraction of sp³-hybridized carbons (Fsp3) is 0.286. The first-order valence-electron chi connectivity index (χ1n) is 14.3. The number of amides is 2. The number of likely N-dealkylation sites (N-methyl/N-ethyl adjacent to an activating group) is 1. The van der Waals surface area contributed by atoms with Gasteiger partial charge in [0.25, 0.3) is 17.4 Å². The molecule has 0 atom stereocenters. The molecule has 0 radical (unpaired) electrons. The first-order valence-corrected chi connectivity index (χ1v) is 15.2. The second-order valence-corrected chi connectivity index (χ2v) is 12.1. The van der Waals surface area contributed by atoms with Crippen molar-refractivity contribution in [1.82, 2.24) is 45.3 Å². The lowest BCUT2D eigenvalue weighted by Crippen LogP contribution is -2.51. The van der Waals surface area contributed by atoms with E-state index in [0.717, 1.165) is 0 Å². The number of fused-ring (bicyclic) bond motifs is 2. The highest BCUT2D eigenvalue weighted by Crippen LogP contribution is 2.27. The number of oxazole rings is 1. The van der Waals surface area contributed by atoms with E-state index < -0.39 is 23.3 Å². The first-order chi connectivity index (χ1) is 22.6. The largest absolute Gasteiger partial charge is 0.544 e. The summed E-state index contributed by atoms with van der Waals surface area (Å²) in [7, 11) is 3.44. The van der Waals surface area contributed by atoms with Crippen LogP contribution in [0.15, 0.2) is 39.1 Å². The van der Waals surface area contributed by atoms with Crippen LogP contribution in [0.2, 0.25) is 0 Å². The lowest BCUT2D eigenvalue weighted by atomic mass is 10.1. The van der Waals surface area contributed by atoms with E-state index >= 15 is 0 Å². The van der Waals surface area contributed by atoms with Crippen LogP contribution in [0.3, 0.4) is 0 Å². The number of anilines is 2. The van der Waals surface area contributed by atoms with E-state index in [0.29, 0.717) is 41.9 Å². The van der Waals surface area contributed by atoms with Crippen molar-refractivity contribution in [2.45, 2.75) is 13.0 Å². The third kappa shape index (κ3) is 7.05. The number of thiazole rings is 1. The van der Waals surface area contributed by atoms with Crippen molar-refractivity contribution in [2.24, 2.45) is 0 Å². The van der Waals surface area contributed by atoms with Gasteiger partial charge in [0, 0.05) is 36.3 Å². The smallest absolute Gasteiger partial charge is 0.307 e. The van der Waals surface area contributed by atoms with Gasteiger partial charge in [-0.2, -0.15) is 5.21 Å². The zero-order valence-electron chi connectivity index (χ0n) is 25.2. The lowest BCUT2D eigenvalue weighted by molar-refractivity contribution is -0.883. The first kappa shape index (κ1) is 31.2. The molecule has 5 aromatic rings. The highest BCUT2D eigenvalue weighted by atomic mass is 32.1. The van der Waals surface area contributed by atoms with Crippen molar-refractivity contribution < 1.29 is 28.4 Å². The van der Waals surface area contributed by atoms with E-state index in [4.69, 9.17) is 9.40 Å². The van der Waals surface area contributed by atoms with Gasteiger partial charge >= 0.3 is 5.91 Å². The summed E-state index contributed by atoms with van der Waals surface area (Å²) in [5.41, 5.74) is 0.936. The van der Waals surface area contributed by atoms with Crippen LogP contribution in [0, 0.1) is 0 Å². The molecular formula is C28H28N12O6S. The molecule has 0 bridgehead atoms. The topological polar surface area (TPSA) is 229 Å². The summed E-state index contributed by atoms with van der Waals surface area (Å²) in [5.74, 6) is -1.25. The van der Waals surface area contributed by atoms with Crippen LogP contribution in [-0.2, 0) is 17.8 Å². The molecule has 0 aliphatic carbocycles. The van der Waals surface area contributed by atoms with Crippen LogP contribution in [-0.4, -0.2) is 103 Å². The number of nitrogens with one attached hydrogen (secondary N) is 3. The number of pyridine rings is 1. The van der Waals surface area contributed by atoms with Crippen molar-refractivity contribution in [3.8, 4) is 0 Å². The number of hydrogen-bond acceptors (Lipinski definition) is 14. The third-order valence-corrected chi connectivity index (χ3v) is 7.99. The van der Waals surface area contributed by atoms with Crippen molar-refractivity contribution >= 4 is 57.9 Å². The third-order valence-electron chi connectivity index (χ3n) is 7.31. The summed E-state index contributed by atoms with van der Waals surface area (Å²) < 4.78 is 7.31. The zero-order valence-corrected chi connectivity index (χ0v) is 26.0. The van der Waals surface area contributed by atoms with Gasteiger partial charge in [0.05, 0.1) is 51.0 Å². The molecule has 1 aliphatic heterocycles. The maximum atomic E-state index is 13.8. The highest BCUT2D eigenvalue weighted by Gasteiger charge is 2.28. The number of carboxylic acids is 1. The number of nitrogens with zero attached hydrogens (tertiary/aromatic N) is 9. The molecule has 242 valence electrons. The Hall–Kier alpha value is -5.82. The van der Waals surface area contributed by atoms with Gasteiger partial charge in [-0.3, -0.25) is 24.1 Å². The summed E-state index contributed by atoms with van der Waals surface area (Å²) in [6, 6.07) is 3.03. The number of tetrazole rings is 1. The maximum Gasteiger partial charge on any atom is 0.307 e. The zero-order chi connectivity index (χ0) is 33.1. The second-order valence-electron chi connectivity index (χ2n) is 11.2. The molecule has 2 amide bonds. The van der Waals surface area contributed by atoms with E-state index in [2.05, 4.69) is 41.2 Å². The number of quaternary nitrogens is 1. The molecule has 47 heavy (non-hydrogen) atoms. The second kappa shape index (κ2) is 12.9. The molecule has 0 unspecified atom stereocenters. The average molecular weight is 661 g/mol. The molecular weight excluding hydrogens is 632 g/mol. The Balaban J connectivity index is 1.27. The minimum Gasteiger partial charge on any atom is -0.544 e. The quantitative estimate of drug-likeness (QED) is 0.148. The van der Waals surface area contributed by atoms with Crippen LogP contribution in [0.1, 0.15) is 43.9 Å². The summed E-state index contributed by atoms with van der Waals surface area (Å²) in [4.78, 5) is 65.5. The van der Waals surface area contributed by atoms with Crippen LogP contribution >= 0.6 is 11.3 Å². The number of aromatic nitrogens is 8. The molecule has 0 saturated heterocycles. The summed E-state index contributed by atoms with van der Waals surface area (Å²) in [5, 5.41) is 32.3. The Morgan fingerprint density at radius 1 is 1.21 bits per heavy atom. The SMILES string of the molecule is C[N+](C)(CCNC(=O)c1nc2c(o1)CN(c1nc3cc(C(=O)Nc4nccs4)ccn3c(=O)c1C=Cc1nn[nH]n1)CC2)CC(=O)[O-]. The summed E-state index contributed by atoms with van der Waals surface area (Å²) in [6.07, 6.45) is 6.51. The molecule has 0 saturated carbocycles. The minimum atomic E-state index is -1.18. The number of rotatable bonds is 11. The van der Waals surface area contributed by atoms with E-state index in [9.17, 15) is 24.3 Å². The fourth-order valence-corrected chi connectivity index (χ4v) is 5.49. The number of H-pyrrole nitrogens is 1. The summed E-state index contributed by atoms with van der Waals surface area (Å²) >= 11 is 1.28. The van der Waals surface area contributed by atoms with Gasteiger partial charge in [0.15, 0.2) is 11.0 Å². The van der Waals surface area contributed by atoms with E-state index in [1.54, 1.807) is 31.7 Å². The van der Waals surface area contributed by atoms with E-state index in [-0.39, 0.29) is 52.6 Å². The molecule has 1 aliphatic rings. The maximum absolute atomic E-state index is 13.8. The molecule has 0 fully saturated rings. The molecule has 0 spiro atoms.